The maximum absolute atomic E-state index is 11.4. The first-order chi connectivity index (χ1) is 19.4. The number of carbonyl (C=O) groups excluding carboxylic acids is 2. The van der Waals surface area contributed by atoms with Crippen molar-refractivity contribution in [2.75, 3.05) is 26.2 Å². The summed E-state index contributed by atoms with van der Waals surface area (Å²) in [5.74, 6) is 0. The van der Waals surface area contributed by atoms with Crippen molar-refractivity contribution >= 4 is 35.7 Å². The molecular weight excluding hydrogens is 598 g/mol. The molecule has 0 aliphatic heterocycles. The molecule has 4 nitrogen and oxygen atoms in total. The summed E-state index contributed by atoms with van der Waals surface area (Å²) < 4.78 is 0. The molecular formula is C34H68N2O2S2Zn. The predicted octanol–water partition coefficient (Wildman–Crippen LogP) is 11.4. The van der Waals surface area contributed by atoms with Crippen molar-refractivity contribution < 1.29 is 29.1 Å². The van der Waals surface area contributed by atoms with Gasteiger partial charge in [0.05, 0.1) is 0 Å². The molecule has 2 amide bonds. The number of carbonyl (C=O) groups is 2. The molecule has 0 radical (unpaired) electrons. The molecule has 0 atom stereocenters. The Hall–Kier alpha value is 0.00338. The number of hydrogen-bond acceptors (Lipinski definition) is 4. The second-order valence-corrected chi connectivity index (χ2v) is 12.3. The molecule has 0 aliphatic carbocycles. The summed E-state index contributed by atoms with van der Waals surface area (Å²) in [4.78, 5) is 26.6. The topological polar surface area (TPSA) is 40.6 Å². The van der Waals surface area contributed by atoms with Crippen LogP contribution in [0.3, 0.4) is 0 Å². The first kappa shape index (κ1) is 45.4. The van der Waals surface area contributed by atoms with E-state index in [0.717, 1.165) is 51.9 Å². The number of rotatable bonds is 28. The Morgan fingerprint density at radius 2 is 0.537 bits per heavy atom. The Kier molecular flexibility index (Phi) is 42.1. The maximum Gasteiger partial charge on any atom is 2.00 e. The van der Waals surface area contributed by atoms with E-state index in [1.165, 1.54) is 128 Å². The van der Waals surface area contributed by atoms with Gasteiger partial charge in [-0.25, -0.2) is 0 Å². The SMILES string of the molecule is CCCCCCCCN(CCCCCCCC)C(=O)[S-].CCCCCCCCN(CCCCCCCC)C(=O)[S-].[Zn+2]. The molecule has 0 aliphatic rings. The van der Waals surface area contributed by atoms with Crippen LogP contribution in [-0.4, -0.2) is 46.5 Å². The molecule has 0 bridgehead atoms. The molecule has 240 valence electrons. The standard InChI is InChI=1S/2C17H35NOS.Zn/c2*1-3-5-7-9-11-13-15-18(17(19)20)16-14-12-10-8-6-4-2;/h2*3-16H2,1-2H3,(H,19,20);/q;;+2/p-2. The Labute approximate surface area is 281 Å². The molecule has 0 saturated carbocycles. The summed E-state index contributed by atoms with van der Waals surface area (Å²) in [5.41, 5.74) is 0. The van der Waals surface area contributed by atoms with E-state index in [4.69, 9.17) is 25.3 Å². The fourth-order valence-corrected chi connectivity index (χ4v) is 5.29. The van der Waals surface area contributed by atoms with Gasteiger partial charge in [0.2, 0.25) is 0 Å². The van der Waals surface area contributed by atoms with Gasteiger partial charge in [-0.3, -0.25) is 0 Å². The van der Waals surface area contributed by atoms with E-state index in [0.29, 0.717) is 0 Å². The van der Waals surface area contributed by atoms with E-state index >= 15 is 0 Å². The van der Waals surface area contributed by atoms with Gasteiger partial charge in [-0.2, -0.15) is 0 Å². The summed E-state index contributed by atoms with van der Waals surface area (Å²) in [6, 6.07) is 0. The van der Waals surface area contributed by atoms with E-state index < -0.39 is 0 Å². The molecule has 0 fully saturated rings. The molecule has 0 rings (SSSR count). The second-order valence-electron chi connectivity index (χ2n) is 11.6. The minimum atomic E-state index is -0.160. The summed E-state index contributed by atoms with van der Waals surface area (Å²) in [5, 5.41) is -0.320. The molecule has 0 heterocycles. The molecule has 0 aromatic heterocycles. The third kappa shape index (κ3) is 36.1. The minimum Gasteiger partial charge on any atom is -0.719 e. The van der Waals surface area contributed by atoms with Crippen molar-refractivity contribution in [3.05, 3.63) is 0 Å². The predicted molar refractivity (Wildman–Crippen MR) is 182 cm³/mol. The van der Waals surface area contributed by atoms with E-state index in [9.17, 15) is 9.59 Å². The molecule has 0 unspecified atom stereocenters. The average molecular weight is 666 g/mol. The molecule has 7 heteroatoms. The van der Waals surface area contributed by atoms with E-state index in [-0.39, 0.29) is 30.0 Å². The molecule has 0 N–H and O–H groups in total. The molecule has 0 aromatic rings. The van der Waals surface area contributed by atoms with Gasteiger partial charge >= 0.3 is 19.5 Å². The first-order valence-electron chi connectivity index (χ1n) is 17.4. The van der Waals surface area contributed by atoms with E-state index in [1.54, 1.807) is 0 Å². The van der Waals surface area contributed by atoms with Crippen LogP contribution < -0.4 is 0 Å². The Bertz CT molecular complexity index is 463. The smallest absolute Gasteiger partial charge is 0.719 e. The zero-order chi connectivity index (χ0) is 30.1. The third-order valence-corrected chi connectivity index (χ3v) is 8.16. The van der Waals surface area contributed by atoms with Crippen molar-refractivity contribution in [2.24, 2.45) is 0 Å². The Morgan fingerprint density at radius 1 is 0.366 bits per heavy atom. The Morgan fingerprint density at radius 3 is 0.707 bits per heavy atom. The van der Waals surface area contributed by atoms with Crippen LogP contribution in [-0.2, 0) is 44.7 Å². The van der Waals surface area contributed by atoms with Crippen molar-refractivity contribution in [1.29, 1.82) is 0 Å². The van der Waals surface area contributed by atoms with Gasteiger partial charge in [0.25, 0.3) is 0 Å². The number of amides is 2. The van der Waals surface area contributed by atoms with Crippen molar-refractivity contribution in [3.8, 4) is 0 Å². The zero-order valence-electron chi connectivity index (χ0n) is 28.0. The second kappa shape index (κ2) is 38.0. The molecule has 41 heavy (non-hydrogen) atoms. The summed E-state index contributed by atoms with van der Waals surface area (Å²) in [6.45, 7) is 12.4. The Balaban J connectivity index is -0.000000688. The normalized spacial score (nSPS) is 10.4. The largest absolute Gasteiger partial charge is 2.00 e. The zero-order valence-corrected chi connectivity index (χ0v) is 32.6. The van der Waals surface area contributed by atoms with Crippen LogP contribution in [0.5, 0.6) is 0 Å². The van der Waals surface area contributed by atoms with Gasteiger partial charge < -0.3 is 44.6 Å². The van der Waals surface area contributed by atoms with Gasteiger partial charge in [0.1, 0.15) is 10.5 Å². The van der Waals surface area contributed by atoms with Crippen molar-refractivity contribution in [1.82, 2.24) is 9.80 Å². The fourth-order valence-electron chi connectivity index (χ4n) is 4.92. The first-order valence-corrected chi connectivity index (χ1v) is 18.2. The quantitative estimate of drug-likeness (QED) is 0.0474. The number of nitrogens with zero attached hydrogens (tertiary/aromatic N) is 2. The molecule has 0 aromatic carbocycles. The minimum absolute atomic E-state index is 0. The monoisotopic (exact) mass is 664 g/mol. The van der Waals surface area contributed by atoms with Crippen LogP contribution in [0.2, 0.25) is 0 Å². The van der Waals surface area contributed by atoms with Gasteiger partial charge in [-0.05, 0) is 25.7 Å². The van der Waals surface area contributed by atoms with Crippen LogP contribution in [0, 0.1) is 0 Å². The average Bonchev–Trinajstić information content (AvgIpc) is 2.93. The molecule has 0 spiro atoms. The van der Waals surface area contributed by atoms with Gasteiger partial charge in [-0.15, -0.1) is 0 Å². The maximum atomic E-state index is 11.4. The number of unbranched alkanes of at least 4 members (excludes halogenated alkanes) is 20. The van der Waals surface area contributed by atoms with Gasteiger partial charge in [0.15, 0.2) is 0 Å². The van der Waals surface area contributed by atoms with E-state index in [1.807, 2.05) is 9.80 Å². The summed E-state index contributed by atoms with van der Waals surface area (Å²) in [7, 11) is 0. The van der Waals surface area contributed by atoms with Gasteiger partial charge in [-0.1, -0.05) is 156 Å². The van der Waals surface area contributed by atoms with Crippen LogP contribution in [0.1, 0.15) is 182 Å². The fraction of sp³-hybridized carbons (Fsp3) is 0.941. The van der Waals surface area contributed by atoms with Crippen LogP contribution >= 0.6 is 0 Å². The third-order valence-electron chi connectivity index (χ3n) is 7.64. The number of hydrogen-bond donors (Lipinski definition) is 0. The van der Waals surface area contributed by atoms with Crippen LogP contribution in [0.4, 0.5) is 9.59 Å². The molecule has 0 saturated heterocycles. The summed E-state index contributed by atoms with van der Waals surface area (Å²) >= 11 is 9.65. The van der Waals surface area contributed by atoms with Gasteiger partial charge in [0, 0.05) is 26.2 Å². The van der Waals surface area contributed by atoms with E-state index in [2.05, 4.69) is 27.7 Å². The van der Waals surface area contributed by atoms with Crippen molar-refractivity contribution in [2.45, 2.75) is 182 Å². The van der Waals surface area contributed by atoms with Crippen molar-refractivity contribution in [3.63, 3.8) is 0 Å². The summed E-state index contributed by atoms with van der Waals surface area (Å²) in [6.07, 6.45) is 30.4. The van der Waals surface area contributed by atoms with Crippen LogP contribution in [0.25, 0.3) is 0 Å². The van der Waals surface area contributed by atoms with Crippen LogP contribution in [0.15, 0.2) is 0 Å².